The Bertz CT molecular complexity index is 1040. The zero-order valence-electron chi connectivity index (χ0n) is 22.3. The van der Waals surface area contributed by atoms with Gasteiger partial charge >= 0.3 is 0 Å². The maximum absolute atomic E-state index is 13.1. The smallest absolute Gasteiger partial charge is 0.239 e. The molecule has 0 unspecified atom stereocenters. The van der Waals surface area contributed by atoms with Crippen molar-refractivity contribution in [3.05, 3.63) is 18.0 Å². The number of nitrogens with zero attached hydrogens (tertiary/aromatic N) is 5. The lowest BCUT2D eigenvalue weighted by molar-refractivity contribution is -0.136. The minimum absolute atomic E-state index is 0.0690. The van der Waals surface area contributed by atoms with E-state index in [2.05, 4.69) is 46.8 Å². The highest BCUT2D eigenvalue weighted by molar-refractivity contribution is 5.83. The molecule has 8 nitrogen and oxygen atoms in total. The average molecular weight is 497 g/mol. The van der Waals surface area contributed by atoms with Crippen LogP contribution in [0.15, 0.2) is 12.4 Å². The van der Waals surface area contributed by atoms with Gasteiger partial charge in [-0.1, -0.05) is 13.3 Å². The van der Waals surface area contributed by atoms with E-state index in [1.54, 1.807) is 0 Å². The first kappa shape index (κ1) is 25.5. The number of fused-ring (bicyclic) bond motifs is 1. The van der Waals surface area contributed by atoms with Crippen LogP contribution in [-0.2, 0) is 4.79 Å². The van der Waals surface area contributed by atoms with Crippen molar-refractivity contribution >= 4 is 22.9 Å². The van der Waals surface area contributed by atoms with Crippen LogP contribution in [0.3, 0.4) is 0 Å². The molecule has 2 aromatic rings. The minimum atomic E-state index is -0.176. The van der Waals surface area contributed by atoms with Gasteiger partial charge in [-0.2, -0.15) is 4.98 Å². The molecule has 36 heavy (non-hydrogen) atoms. The Labute approximate surface area is 215 Å². The predicted molar refractivity (Wildman–Crippen MR) is 143 cm³/mol. The third kappa shape index (κ3) is 5.25. The Hall–Kier alpha value is -2.19. The summed E-state index contributed by atoms with van der Waals surface area (Å²) < 4.78 is 2.37. The van der Waals surface area contributed by atoms with E-state index in [9.17, 15) is 9.90 Å². The summed E-state index contributed by atoms with van der Waals surface area (Å²) >= 11 is 0. The van der Waals surface area contributed by atoms with Gasteiger partial charge in [-0.3, -0.25) is 9.69 Å². The highest BCUT2D eigenvalue weighted by Crippen LogP contribution is 2.38. The number of nitrogens with one attached hydrogen (secondary N) is 1. The number of anilines is 1. The van der Waals surface area contributed by atoms with Gasteiger partial charge < -0.3 is 19.9 Å². The van der Waals surface area contributed by atoms with E-state index >= 15 is 0 Å². The van der Waals surface area contributed by atoms with E-state index in [0.29, 0.717) is 29.9 Å². The molecule has 3 fully saturated rings. The van der Waals surface area contributed by atoms with Crippen LogP contribution < -0.4 is 5.32 Å². The number of likely N-dealkylation sites (N-methyl/N-ethyl adjacent to an activating group) is 1. The minimum Gasteiger partial charge on any atom is -0.393 e. The highest BCUT2D eigenvalue weighted by Gasteiger charge is 2.34. The maximum Gasteiger partial charge on any atom is 0.239 e. The van der Waals surface area contributed by atoms with Crippen molar-refractivity contribution < 1.29 is 9.90 Å². The number of rotatable bonds is 7. The summed E-state index contributed by atoms with van der Waals surface area (Å²) in [6.07, 6.45) is 14.1. The van der Waals surface area contributed by atoms with E-state index in [1.807, 2.05) is 6.20 Å². The van der Waals surface area contributed by atoms with Gasteiger partial charge in [-0.15, -0.1) is 0 Å². The fourth-order valence-electron chi connectivity index (χ4n) is 6.63. The number of aromatic nitrogens is 3. The molecule has 2 atom stereocenters. The van der Waals surface area contributed by atoms with E-state index in [-0.39, 0.29) is 12.1 Å². The van der Waals surface area contributed by atoms with Gasteiger partial charge in [0.15, 0.2) is 0 Å². The Balaban J connectivity index is 1.37. The molecule has 0 spiro atoms. The summed E-state index contributed by atoms with van der Waals surface area (Å²) in [5, 5.41) is 14.7. The Morgan fingerprint density at radius 3 is 2.56 bits per heavy atom. The quantitative estimate of drug-likeness (QED) is 0.594. The summed E-state index contributed by atoms with van der Waals surface area (Å²) in [7, 11) is 2.08. The van der Waals surface area contributed by atoms with Crippen LogP contribution >= 0.6 is 0 Å². The van der Waals surface area contributed by atoms with Crippen LogP contribution in [0.2, 0.25) is 0 Å². The molecule has 0 radical (unpaired) electrons. The molecule has 2 saturated heterocycles. The second-order valence-corrected chi connectivity index (χ2v) is 11.5. The molecule has 4 heterocycles. The average Bonchev–Trinajstić information content (AvgIpc) is 3.48. The fourth-order valence-corrected chi connectivity index (χ4v) is 6.63. The molecule has 2 aromatic heterocycles. The molecule has 2 aliphatic heterocycles. The molecule has 8 heteroatoms. The van der Waals surface area contributed by atoms with Gasteiger partial charge in [-0.25, -0.2) is 4.98 Å². The zero-order valence-corrected chi connectivity index (χ0v) is 22.3. The monoisotopic (exact) mass is 496 g/mol. The van der Waals surface area contributed by atoms with Gasteiger partial charge in [0.05, 0.1) is 12.1 Å². The predicted octanol–water partition coefficient (Wildman–Crippen LogP) is 4.31. The number of likely N-dealkylation sites (tertiary alicyclic amines) is 2. The van der Waals surface area contributed by atoms with Crippen LogP contribution in [-0.4, -0.2) is 80.2 Å². The standard InChI is InChI=1S/C28H44N6O2/c1-4-6-19(2)30-28-29-17-23-24(18-34(26(23)31-28)21-8-10-22(35)11-9-21)20-12-15-33(16-13-20)27(36)25-7-5-14-32(25)3/h17-22,25,35H,4-16H2,1-3H3,(H,29,30,31)/t19-,21?,22?,25-/m0/s1. The lowest BCUT2D eigenvalue weighted by Gasteiger charge is -2.35. The highest BCUT2D eigenvalue weighted by atomic mass is 16.3. The lowest BCUT2D eigenvalue weighted by Crippen LogP contribution is -2.47. The van der Waals surface area contributed by atoms with Crippen LogP contribution in [0.25, 0.3) is 11.0 Å². The molecular formula is C28H44N6O2. The van der Waals surface area contributed by atoms with Crippen LogP contribution in [0.1, 0.15) is 95.6 Å². The van der Waals surface area contributed by atoms with Crippen molar-refractivity contribution in [2.45, 2.75) is 108 Å². The third-order valence-corrected chi connectivity index (χ3v) is 8.81. The molecule has 0 bridgehead atoms. The molecule has 2 N–H and O–H groups in total. The lowest BCUT2D eigenvalue weighted by atomic mass is 9.89. The van der Waals surface area contributed by atoms with Crippen molar-refractivity contribution in [3.63, 3.8) is 0 Å². The molecular weight excluding hydrogens is 452 g/mol. The maximum atomic E-state index is 13.1. The summed E-state index contributed by atoms with van der Waals surface area (Å²) in [5.74, 6) is 1.43. The van der Waals surface area contributed by atoms with Gasteiger partial charge in [0.25, 0.3) is 0 Å². The van der Waals surface area contributed by atoms with Crippen molar-refractivity contribution in [2.75, 3.05) is 32.0 Å². The normalized spacial score (nSPS) is 27.0. The molecule has 0 aromatic carbocycles. The van der Waals surface area contributed by atoms with Gasteiger partial charge in [0, 0.05) is 43.0 Å². The molecule has 198 valence electrons. The Kier molecular flexibility index (Phi) is 7.82. The van der Waals surface area contributed by atoms with Crippen LogP contribution in [0, 0.1) is 0 Å². The number of aliphatic hydroxyl groups is 1. The number of hydrogen-bond acceptors (Lipinski definition) is 6. The molecule has 1 aliphatic carbocycles. The Morgan fingerprint density at radius 2 is 1.89 bits per heavy atom. The van der Waals surface area contributed by atoms with Crippen molar-refractivity contribution in [1.82, 2.24) is 24.3 Å². The van der Waals surface area contributed by atoms with E-state index in [4.69, 9.17) is 9.97 Å². The number of aliphatic hydroxyl groups excluding tert-OH is 1. The second-order valence-electron chi connectivity index (χ2n) is 11.5. The first-order chi connectivity index (χ1) is 17.4. The van der Waals surface area contributed by atoms with Crippen molar-refractivity contribution in [3.8, 4) is 0 Å². The third-order valence-electron chi connectivity index (χ3n) is 8.81. The van der Waals surface area contributed by atoms with Crippen molar-refractivity contribution in [2.24, 2.45) is 0 Å². The van der Waals surface area contributed by atoms with Crippen molar-refractivity contribution in [1.29, 1.82) is 0 Å². The summed E-state index contributed by atoms with van der Waals surface area (Å²) in [5.41, 5.74) is 2.34. The summed E-state index contributed by atoms with van der Waals surface area (Å²) in [4.78, 5) is 27.2. The topological polar surface area (TPSA) is 86.5 Å². The van der Waals surface area contributed by atoms with Crippen LogP contribution in [0.4, 0.5) is 5.95 Å². The Morgan fingerprint density at radius 1 is 1.14 bits per heavy atom. The molecule has 1 amide bonds. The van der Waals surface area contributed by atoms with E-state index < -0.39 is 0 Å². The first-order valence-corrected chi connectivity index (χ1v) is 14.3. The number of carbonyl (C=O) groups is 1. The second kappa shape index (κ2) is 11.1. The van der Waals surface area contributed by atoms with Gasteiger partial charge in [0.2, 0.25) is 11.9 Å². The summed E-state index contributed by atoms with van der Waals surface area (Å²) in [6, 6.07) is 0.764. The molecule has 3 aliphatic rings. The summed E-state index contributed by atoms with van der Waals surface area (Å²) in [6.45, 7) is 7.06. The SMILES string of the molecule is CCC[C@H](C)Nc1ncc2c(C3CCN(C(=O)[C@@H]4CCCN4C)CC3)cn(C3CCC(O)CC3)c2n1. The number of amides is 1. The first-order valence-electron chi connectivity index (χ1n) is 14.3. The van der Waals surface area contributed by atoms with Gasteiger partial charge in [0.1, 0.15) is 5.65 Å². The van der Waals surface area contributed by atoms with Gasteiger partial charge in [-0.05, 0) is 89.8 Å². The number of piperidine rings is 1. The van der Waals surface area contributed by atoms with Crippen LogP contribution in [0.5, 0.6) is 0 Å². The molecule has 1 saturated carbocycles. The molecule has 5 rings (SSSR count). The number of hydrogen-bond donors (Lipinski definition) is 2. The van der Waals surface area contributed by atoms with E-state index in [0.717, 1.165) is 94.9 Å². The zero-order chi connectivity index (χ0) is 25.2. The largest absolute Gasteiger partial charge is 0.393 e. The number of carbonyl (C=O) groups excluding carboxylic acids is 1. The van der Waals surface area contributed by atoms with E-state index in [1.165, 1.54) is 5.56 Å². The fraction of sp³-hybridized carbons (Fsp3) is 0.750.